The van der Waals surface area contributed by atoms with Crippen LogP contribution in [-0.2, 0) is 14.3 Å². The van der Waals surface area contributed by atoms with Crippen molar-refractivity contribution in [3.8, 4) is 0 Å². The van der Waals surface area contributed by atoms with Crippen LogP contribution in [0.5, 0.6) is 0 Å². The normalized spacial score (nSPS) is 17.6. The zero-order chi connectivity index (χ0) is 17.3. The molecule has 1 aliphatic carbocycles. The Morgan fingerprint density at radius 3 is 2.30 bits per heavy atom. The van der Waals surface area contributed by atoms with E-state index in [1.54, 1.807) is 23.5 Å². The average Bonchev–Trinajstić information content (AvgIpc) is 2.51. The molecule has 0 atom stereocenters. The zero-order valence-electron chi connectivity index (χ0n) is 13.0. The van der Waals surface area contributed by atoms with E-state index in [0.29, 0.717) is 17.9 Å². The highest BCUT2D eigenvalue weighted by Gasteiger charge is 2.38. The quantitative estimate of drug-likeness (QED) is 0.402. The van der Waals surface area contributed by atoms with Gasteiger partial charge in [-0.25, -0.2) is 0 Å². The van der Waals surface area contributed by atoms with Gasteiger partial charge in [0, 0.05) is 18.1 Å². The van der Waals surface area contributed by atoms with Crippen LogP contribution in [0.15, 0.2) is 0 Å². The first-order valence-electron chi connectivity index (χ1n) is 7.49. The Labute approximate surface area is 142 Å². The Morgan fingerprint density at radius 1 is 1.13 bits per heavy atom. The van der Waals surface area contributed by atoms with Gasteiger partial charge in [-0.2, -0.15) is 13.2 Å². The number of nitrogens with one attached hydrogen (secondary N) is 1. The highest BCUT2D eigenvalue weighted by atomic mass is 32.2. The van der Waals surface area contributed by atoms with Gasteiger partial charge in [0.05, 0.1) is 17.6 Å². The molecule has 0 aromatic rings. The van der Waals surface area contributed by atoms with Gasteiger partial charge in [-0.1, -0.05) is 19.3 Å². The van der Waals surface area contributed by atoms with Crippen molar-refractivity contribution in [2.45, 2.75) is 48.8 Å². The highest BCUT2D eigenvalue weighted by Crippen LogP contribution is 2.48. The molecule has 134 valence electrons. The van der Waals surface area contributed by atoms with Crippen LogP contribution >= 0.6 is 23.5 Å². The lowest BCUT2D eigenvalue weighted by molar-refractivity contribution is -0.173. The van der Waals surface area contributed by atoms with Crippen LogP contribution in [-0.4, -0.2) is 47.3 Å². The molecular weight excluding hydrogens is 351 g/mol. The molecule has 1 rings (SSSR count). The number of halogens is 3. The van der Waals surface area contributed by atoms with Gasteiger partial charge in [0.15, 0.2) is 0 Å². The summed E-state index contributed by atoms with van der Waals surface area (Å²) in [6.07, 6.45) is 0.745. The minimum Gasteiger partial charge on any atom is -0.469 e. The van der Waals surface area contributed by atoms with Crippen LogP contribution in [0, 0.1) is 0 Å². The molecule has 0 heterocycles. The molecule has 0 aromatic carbocycles. The molecule has 23 heavy (non-hydrogen) atoms. The molecule has 0 aliphatic heterocycles. The largest absolute Gasteiger partial charge is 0.471 e. The zero-order valence-corrected chi connectivity index (χ0v) is 14.7. The lowest BCUT2D eigenvalue weighted by Crippen LogP contribution is -2.38. The smallest absolute Gasteiger partial charge is 0.469 e. The fourth-order valence-corrected chi connectivity index (χ4v) is 5.55. The number of esters is 1. The van der Waals surface area contributed by atoms with Crippen LogP contribution in [0.4, 0.5) is 13.2 Å². The second-order valence-corrected chi connectivity index (χ2v) is 8.46. The minimum atomic E-state index is -4.83. The summed E-state index contributed by atoms with van der Waals surface area (Å²) in [7, 11) is 1.35. The van der Waals surface area contributed by atoms with Crippen molar-refractivity contribution in [3.63, 3.8) is 0 Å². The maximum absolute atomic E-state index is 12.1. The molecule has 0 radical (unpaired) electrons. The molecule has 0 bridgehead atoms. The Balaban J connectivity index is 2.39. The van der Waals surface area contributed by atoms with Crippen molar-refractivity contribution >= 4 is 35.4 Å². The van der Waals surface area contributed by atoms with Gasteiger partial charge < -0.3 is 10.1 Å². The van der Waals surface area contributed by atoms with Gasteiger partial charge in [-0.3, -0.25) is 9.59 Å². The molecule has 9 heteroatoms. The lowest BCUT2D eigenvalue weighted by atomic mass is 10.00. The van der Waals surface area contributed by atoms with Crippen molar-refractivity contribution in [1.29, 1.82) is 0 Å². The molecule has 1 aliphatic rings. The molecule has 0 spiro atoms. The number of methoxy groups -OCH3 is 1. The molecule has 0 unspecified atom stereocenters. The van der Waals surface area contributed by atoms with Gasteiger partial charge in [0.25, 0.3) is 0 Å². The van der Waals surface area contributed by atoms with E-state index in [0.717, 1.165) is 32.1 Å². The number of thioether (sulfide) groups is 2. The molecule has 0 saturated heterocycles. The summed E-state index contributed by atoms with van der Waals surface area (Å²) in [5.74, 6) is -1.10. The maximum atomic E-state index is 12.1. The third kappa shape index (κ3) is 7.69. The monoisotopic (exact) mass is 373 g/mol. The highest BCUT2D eigenvalue weighted by molar-refractivity contribution is 8.18. The average molecular weight is 373 g/mol. The first kappa shape index (κ1) is 20.5. The van der Waals surface area contributed by atoms with E-state index in [1.165, 1.54) is 7.11 Å². The van der Waals surface area contributed by atoms with E-state index in [9.17, 15) is 22.8 Å². The summed E-state index contributed by atoms with van der Waals surface area (Å²) in [5.41, 5.74) is 0. The Bertz CT molecular complexity index is 399. The number of rotatable bonds is 8. The number of carbonyl (C=O) groups excluding carboxylic acids is 2. The van der Waals surface area contributed by atoms with Gasteiger partial charge in [0.1, 0.15) is 0 Å². The SMILES string of the molecule is COC(=O)CCSC1(SCCNC(=O)C(F)(F)F)CCCCC1. The van der Waals surface area contributed by atoms with Crippen LogP contribution in [0.1, 0.15) is 38.5 Å². The Kier molecular flexibility index (Phi) is 8.60. The summed E-state index contributed by atoms with van der Waals surface area (Å²) < 4.78 is 40.9. The molecule has 4 nitrogen and oxygen atoms in total. The summed E-state index contributed by atoms with van der Waals surface area (Å²) in [6, 6.07) is 0. The minimum absolute atomic E-state index is 0.0116. The van der Waals surface area contributed by atoms with Gasteiger partial charge in [-0.05, 0) is 12.8 Å². The van der Waals surface area contributed by atoms with Gasteiger partial charge in [-0.15, -0.1) is 23.5 Å². The van der Waals surface area contributed by atoms with Gasteiger partial charge >= 0.3 is 18.1 Å². The summed E-state index contributed by atoms with van der Waals surface area (Å²) in [6.45, 7) is -0.0116. The summed E-state index contributed by atoms with van der Waals surface area (Å²) in [5, 5.41) is 1.89. The first-order chi connectivity index (χ1) is 10.8. The second-order valence-electron chi connectivity index (χ2n) is 5.25. The number of alkyl halides is 3. The van der Waals surface area contributed by atoms with Crippen molar-refractivity contribution in [1.82, 2.24) is 5.32 Å². The van der Waals surface area contributed by atoms with Crippen molar-refractivity contribution in [2.75, 3.05) is 25.2 Å². The number of hydrogen-bond donors (Lipinski definition) is 1. The third-order valence-corrected chi connectivity index (χ3v) is 6.92. The van der Waals surface area contributed by atoms with E-state index >= 15 is 0 Å². The molecule has 1 fully saturated rings. The molecule has 1 saturated carbocycles. The number of carbonyl (C=O) groups is 2. The third-order valence-electron chi connectivity index (χ3n) is 3.52. The summed E-state index contributed by atoms with van der Waals surface area (Å²) >= 11 is 3.27. The van der Waals surface area contributed by atoms with Crippen LogP contribution in [0.3, 0.4) is 0 Å². The molecule has 1 N–H and O–H groups in total. The maximum Gasteiger partial charge on any atom is 0.471 e. The van der Waals surface area contributed by atoms with Crippen molar-refractivity contribution < 1.29 is 27.5 Å². The predicted molar refractivity (Wildman–Crippen MR) is 86.4 cm³/mol. The molecular formula is C14H22F3NO3S2. The predicted octanol–water partition coefficient (Wildman–Crippen LogP) is 3.35. The van der Waals surface area contributed by atoms with E-state index in [1.807, 2.05) is 5.32 Å². The topological polar surface area (TPSA) is 55.4 Å². The fourth-order valence-electron chi connectivity index (χ4n) is 2.35. The summed E-state index contributed by atoms with van der Waals surface area (Å²) in [4.78, 5) is 22.0. The molecule has 1 amide bonds. The number of hydrogen-bond acceptors (Lipinski definition) is 5. The Morgan fingerprint density at radius 2 is 1.74 bits per heavy atom. The van der Waals surface area contributed by atoms with Gasteiger partial charge in [0.2, 0.25) is 0 Å². The van der Waals surface area contributed by atoms with E-state index < -0.39 is 12.1 Å². The fraction of sp³-hybridized carbons (Fsp3) is 0.857. The number of amides is 1. The lowest BCUT2D eigenvalue weighted by Gasteiger charge is -2.36. The van der Waals surface area contributed by atoms with E-state index in [-0.39, 0.29) is 16.6 Å². The van der Waals surface area contributed by atoms with Crippen molar-refractivity contribution in [3.05, 3.63) is 0 Å². The van der Waals surface area contributed by atoms with Crippen LogP contribution in [0.25, 0.3) is 0 Å². The first-order valence-corrected chi connectivity index (χ1v) is 9.46. The van der Waals surface area contributed by atoms with Crippen LogP contribution in [0.2, 0.25) is 0 Å². The van der Waals surface area contributed by atoms with Crippen molar-refractivity contribution in [2.24, 2.45) is 0 Å². The Hall–Kier alpha value is -0.570. The van der Waals surface area contributed by atoms with Crippen LogP contribution < -0.4 is 5.32 Å². The second kappa shape index (κ2) is 9.66. The standard InChI is InChI=1S/C14H22F3NO3S2/c1-21-11(19)5-9-22-13(6-3-2-4-7-13)23-10-8-18-12(20)14(15,16)17/h2-10H2,1H3,(H,18,20). The number of ether oxygens (including phenoxy) is 1. The molecule has 0 aromatic heterocycles. The van der Waals surface area contributed by atoms with E-state index in [4.69, 9.17) is 0 Å². The van der Waals surface area contributed by atoms with E-state index in [2.05, 4.69) is 4.74 Å².